The van der Waals surface area contributed by atoms with Crippen molar-refractivity contribution in [2.45, 2.75) is 98.8 Å². The molecule has 12 nitrogen and oxygen atoms in total. The molecule has 7 aromatic heterocycles. The molecule has 75 heavy (non-hydrogen) atoms. The van der Waals surface area contributed by atoms with Gasteiger partial charge in [-0.15, -0.1) is 0 Å². The third kappa shape index (κ3) is 12.9. The quantitative estimate of drug-likeness (QED) is 0.0392. The molecule has 0 aliphatic carbocycles. The second-order valence-corrected chi connectivity index (χ2v) is 19.1. The van der Waals surface area contributed by atoms with Crippen molar-refractivity contribution in [1.29, 1.82) is 0 Å². The van der Waals surface area contributed by atoms with Gasteiger partial charge in [-0.05, 0) is 98.5 Å². The highest BCUT2D eigenvalue weighted by molar-refractivity contribution is 5.97. The molecule has 0 unspecified atom stereocenters. The molecule has 0 saturated carbocycles. The van der Waals surface area contributed by atoms with E-state index in [2.05, 4.69) is 202 Å². The van der Waals surface area contributed by atoms with Crippen LogP contribution in [0.1, 0.15) is 95.4 Å². The van der Waals surface area contributed by atoms with Crippen LogP contribution < -0.4 is 18.3 Å². The van der Waals surface area contributed by atoms with Crippen LogP contribution in [0.5, 0.6) is 0 Å². The number of hydrogen-bond acceptors (Lipinski definition) is 6. The Hall–Kier alpha value is -6.96. The van der Waals surface area contributed by atoms with Crippen LogP contribution in [0.4, 0.5) is 0 Å². The van der Waals surface area contributed by atoms with Crippen molar-refractivity contribution >= 4 is 46.4 Å². The molecule has 9 heterocycles. The summed E-state index contributed by atoms with van der Waals surface area (Å²) in [5, 5.41) is 0. The number of nitrogens with zero attached hydrogens (tertiary/aromatic N) is 6. The summed E-state index contributed by atoms with van der Waals surface area (Å²) in [4.78, 5) is 19.3. The lowest BCUT2D eigenvalue weighted by molar-refractivity contribution is -0.688. The molecular formula is C63H76N8O4+4. The van der Waals surface area contributed by atoms with Crippen molar-refractivity contribution in [2.24, 2.45) is 0 Å². The number of aromatic amines is 2. The van der Waals surface area contributed by atoms with E-state index in [0.717, 1.165) is 161 Å². The Morgan fingerprint density at radius 2 is 0.613 bits per heavy atom. The number of aromatic nitrogens is 8. The summed E-state index contributed by atoms with van der Waals surface area (Å²) < 4.78 is 33.8. The molecule has 0 saturated heterocycles. The maximum absolute atomic E-state index is 6.17. The van der Waals surface area contributed by atoms with Gasteiger partial charge in [0.25, 0.3) is 0 Å². The predicted molar refractivity (Wildman–Crippen MR) is 300 cm³/mol. The number of rotatable bonds is 27. The molecule has 388 valence electrons. The molecule has 0 amide bonds. The largest absolute Gasteiger partial charge is 0.375 e. The van der Waals surface area contributed by atoms with Crippen molar-refractivity contribution < 1.29 is 37.2 Å². The van der Waals surface area contributed by atoms with Crippen LogP contribution in [0.3, 0.4) is 0 Å². The van der Waals surface area contributed by atoms with Crippen molar-refractivity contribution in [3.8, 4) is 45.0 Å². The van der Waals surface area contributed by atoms with E-state index >= 15 is 0 Å². The molecule has 7 aromatic rings. The number of ether oxygens (including phenoxy) is 4. The molecule has 2 N–H and O–H groups in total. The summed E-state index contributed by atoms with van der Waals surface area (Å²) >= 11 is 0. The molecule has 0 atom stereocenters. The van der Waals surface area contributed by atoms with E-state index in [9.17, 15) is 0 Å². The first kappa shape index (κ1) is 52.9. The number of hydrogen-bond donors (Lipinski definition) is 2. The second kappa shape index (κ2) is 27.0. The maximum atomic E-state index is 6.17. The molecule has 2 aliphatic heterocycles. The molecule has 0 fully saturated rings. The summed E-state index contributed by atoms with van der Waals surface area (Å²) in [5.74, 6) is 0. The summed E-state index contributed by atoms with van der Waals surface area (Å²) in [6, 6.07) is 34.4. The van der Waals surface area contributed by atoms with Gasteiger partial charge in [0.2, 0.25) is 22.8 Å². The molecule has 0 aromatic carbocycles. The van der Waals surface area contributed by atoms with Gasteiger partial charge in [0.1, 0.15) is 26.4 Å². The average molecular weight is 1010 g/mol. The third-order valence-corrected chi connectivity index (χ3v) is 13.7. The van der Waals surface area contributed by atoms with Gasteiger partial charge in [-0.1, -0.05) is 47.0 Å². The molecule has 8 bridgehead atoms. The molecule has 0 spiro atoms. The molecule has 12 heteroatoms. The van der Waals surface area contributed by atoms with Crippen LogP contribution >= 0.6 is 0 Å². The minimum Gasteiger partial charge on any atom is -0.375 e. The van der Waals surface area contributed by atoms with Gasteiger partial charge in [0, 0.05) is 75.0 Å². The van der Waals surface area contributed by atoms with Crippen LogP contribution in [0, 0.1) is 0 Å². The van der Waals surface area contributed by atoms with Crippen molar-refractivity contribution in [1.82, 2.24) is 19.9 Å². The van der Waals surface area contributed by atoms with Crippen molar-refractivity contribution in [3.05, 3.63) is 145 Å². The Balaban J connectivity index is 1.36. The first-order valence-electron chi connectivity index (χ1n) is 27.5. The van der Waals surface area contributed by atoms with E-state index < -0.39 is 0 Å². The minimum atomic E-state index is 0.593. The minimum absolute atomic E-state index is 0.593. The highest BCUT2D eigenvalue weighted by Crippen LogP contribution is 2.36. The zero-order valence-corrected chi connectivity index (χ0v) is 44.6. The molecular weight excluding hydrogens is 933 g/mol. The first-order valence-corrected chi connectivity index (χ1v) is 27.5. The van der Waals surface area contributed by atoms with Crippen LogP contribution in [-0.4, -0.2) is 72.8 Å². The number of nitrogens with one attached hydrogen (secondary N) is 2. The molecule has 2 aliphatic rings. The predicted octanol–water partition coefficient (Wildman–Crippen LogP) is 11.4. The van der Waals surface area contributed by atoms with Crippen molar-refractivity contribution in [3.63, 3.8) is 0 Å². The fourth-order valence-electron chi connectivity index (χ4n) is 9.82. The second-order valence-electron chi connectivity index (χ2n) is 19.1. The van der Waals surface area contributed by atoms with Gasteiger partial charge < -0.3 is 28.9 Å². The average Bonchev–Trinajstić information content (AvgIpc) is 4.31. The lowest BCUT2D eigenvalue weighted by Crippen LogP contribution is -2.38. The Morgan fingerprint density at radius 3 is 0.880 bits per heavy atom. The van der Waals surface area contributed by atoms with Crippen LogP contribution in [0.15, 0.2) is 122 Å². The normalized spacial score (nSPS) is 12.1. The lowest BCUT2D eigenvalue weighted by Gasteiger charge is -2.08. The maximum Gasteiger partial charge on any atom is 0.216 e. The van der Waals surface area contributed by atoms with E-state index in [1.165, 1.54) is 0 Å². The fourth-order valence-corrected chi connectivity index (χ4v) is 9.82. The SMILES string of the molecule is CCCCOCC[n+]1ccccc1-c1c2nc(c(-c3cccc[n+]3CCOCCCC)c3ccc([nH]3)c(-c3cccc[n+]3CCOCCCC)c3nc(c(-c4cccc[n+]4CCOCCC)c4ccc1[nH]4)C=C3)C=C2. The van der Waals surface area contributed by atoms with Gasteiger partial charge in [0.05, 0.1) is 67.1 Å². The van der Waals surface area contributed by atoms with E-state index in [1.54, 1.807) is 0 Å². The molecule has 0 radical (unpaired) electrons. The lowest BCUT2D eigenvalue weighted by atomic mass is 10.1. The fraction of sp³-hybridized carbons (Fsp3) is 0.365. The monoisotopic (exact) mass is 1010 g/mol. The number of H-pyrrole nitrogens is 2. The summed E-state index contributed by atoms with van der Waals surface area (Å²) in [5.41, 5.74) is 15.2. The van der Waals surface area contributed by atoms with Gasteiger partial charge >= 0.3 is 0 Å². The summed E-state index contributed by atoms with van der Waals surface area (Å²) in [6.07, 6.45) is 24.6. The van der Waals surface area contributed by atoms with Crippen LogP contribution in [-0.2, 0) is 45.1 Å². The smallest absolute Gasteiger partial charge is 0.216 e. The van der Waals surface area contributed by atoms with Crippen LogP contribution in [0.25, 0.3) is 91.4 Å². The Labute approximate surface area is 443 Å². The highest BCUT2D eigenvalue weighted by Gasteiger charge is 2.28. The van der Waals surface area contributed by atoms with E-state index in [1.807, 2.05) is 0 Å². The standard InChI is InChI=1S/C63H75N8O4/c1-5-9-41-73-45-37-69-33-17-13-21-57(69)61-50-26-24-48(64-50)60(56-20-12-16-32-68(56)36-44-72-40-8-4)49-25-27-51(65-49)62(58-22-14-18-34-70(58)38-46-74-42-10-6-2)53-29-31-55(67-53)63(54-30-28-52(61)66-54)59-23-15-19-35-71(59)39-47-75-43-11-7-3/h12-35H,5-11,36-47H2,1-4H3,(H,64,65,66,67)/q+3/p+1. The van der Waals surface area contributed by atoms with Gasteiger partial charge in [-0.3, -0.25) is 0 Å². The number of fused-ring (bicyclic) bond motifs is 8. The van der Waals surface area contributed by atoms with Crippen LogP contribution in [0.2, 0.25) is 0 Å². The third-order valence-electron chi connectivity index (χ3n) is 13.7. The Morgan fingerprint density at radius 1 is 0.333 bits per heavy atom. The Bertz CT molecular complexity index is 3190. The summed E-state index contributed by atoms with van der Waals surface area (Å²) in [6.45, 7) is 16.8. The first-order chi connectivity index (χ1) is 37.1. The van der Waals surface area contributed by atoms with E-state index in [-0.39, 0.29) is 0 Å². The summed E-state index contributed by atoms with van der Waals surface area (Å²) in [7, 11) is 0. The number of pyridine rings is 4. The van der Waals surface area contributed by atoms with Gasteiger partial charge in [0.15, 0.2) is 51.0 Å². The van der Waals surface area contributed by atoms with E-state index in [4.69, 9.17) is 28.9 Å². The van der Waals surface area contributed by atoms with Gasteiger partial charge in [-0.2, -0.15) is 18.3 Å². The zero-order valence-electron chi connectivity index (χ0n) is 44.6. The topological polar surface area (TPSA) is 110 Å². The highest BCUT2D eigenvalue weighted by atomic mass is 16.5. The van der Waals surface area contributed by atoms with E-state index in [0.29, 0.717) is 52.6 Å². The molecule has 9 rings (SSSR count). The van der Waals surface area contributed by atoms with Gasteiger partial charge in [-0.25, -0.2) is 9.97 Å². The Kier molecular flexibility index (Phi) is 19.0. The number of unbranched alkanes of at least 4 members (excludes halogenated alkanes) is 3. The van der Waals surface area contributed by atoms with Crippen molar-refractivity contribution in [2.75, 3.05) is 52.9 Å². The zero-order chi connectivity index (χ0) is 51.6.